The lowest BCUT2D eigenvalue weighted by molar-refractivity contribution is -0.153. The van der Waals surface area contributed by atoms with Crippen LogP contribution in [0.2, 0.25) is 0 Å². The monoisotopic (exact) mass is 400 g/mol. The molecule has 0 spiro atoms. The van der Waals surface area contributed by atoms with Crippen molar-refractivity contribution in [2.24, 2.45) is 11.8 Å². The number of rotatable bonds is 4. The second-order valence-electron chi connectivity index (χ2n) is 9.51. The Balaban J connectivity index is 1.34. The van der Waals surface area contributed by atoms with Crippen molar-refractivity contribution >= 4 is 11.8 Å². The van der Waals surface area contributed by atoms with E-state index in [1.807, 2.05) is 0 Å². The van der Waals surface area contributed by atoms with Crippen LogP contribution in [0.15, 0.2) is 10.6 Å². The summed E-state index contributed by atoms with van der Waals surface area (Å²) in [7, 11) is 0. The Bertz CT molecular complexity index is 772. The third-order valence-corrected chi connectivity index (χ3v) is 7.70. The highest BCUT2D eigenvalue weighted by molar-refractivity contribution is 5.92. The molecule has 5 rings (SSSR count). The Morgan fingerprint density at radius 2 is 2.00 bits per heavy atom. The minimum atomic E-state index is -0.214. The molecule has 4 heterocycles. The van der Waals surface area contributed by atoms with E-state index >= 15 is 0 Å². The summed E-state index contributed by atoms with van der Waals surface area (Å²) in [5.41, 5.74) is 0.314. The molecule has 7 heteroatoms. The van der Waals surface area contributed by atoms with E-state index < -0.39 is 0 Å². The van der Waals surface area contributed by atoms with Crippen LogP contribution in [0, 0.1) is 18.8 Å². The van der Waals surface area contributed by atoms with Crippen molar-refractivity contribution in [3.05, 3.63) is 17.5 Å². The summed E-state index contributed by atoms with van der Waals surface area (Å²) in [6.45, 7) is 4.48. The first-order valence-electron chi connectivity index (χ1n) is 11.4. The van der Waals surface area contributed by atoms with Crippen LogP contribution in [0.3, 0.4) is 0 Å². The fourth-order valence-corrected chi connectivity index (χ4v) is 6.40. The van der Waals surface area contributed by atoms with Gasteiger partial charge in [-0.15, -0.1) is 0 Å². The van der Waals surface area contributed by atoms with Crippen LogP contribution in [0.5, 0.6) is 0 Å². The van der Waals surface area contributed by atoms with Crippen LogP contribution in [0.1, 0.15) is 67.6 Å². The molecule has 2 amide bonds. The SMILES string of the molecule is Cc1cc(C(=O)NC[C@H]2[C@H]3C[C@H](CN(C4CCCC4)C3)[C@@H]3CCCC(=O)N32)no1. The average molecular weight is 401 g/mol. The zero-order valence-electron chi connectivity index (χ0n) is 17.3. The third-order valence-electron chi connectivity index (χ3n) is 7.70. The van der Waals surface area contributed by atoms with Crippen molar-refractivity contribution in [1.29, 1.82) is 0 Å². The predicted molar refractivity (Wildman–Crippen MR) is 107 cm³/mol. The van der Waals surface area contributed by atoms with E-state index in [-0.39, 0.29) is 17.9 Å². The molecule has 4 aliphatic rings. The molecule has 158 valence electrons. The summed E-state index contributed by atoms with van der Waals surface area (Å²) in [6, 6.07) is 2.81. The van der Waals surface area contributed by atoms with E-state index in [0.29, 0.717) is 42.3 Å². The maximum Gasteiger partial charge on any atom is 0.273 e. The van der Waals surface area contributed by atoms with Crippen molar-refractivity contribution in [2.45, 2.75) is 76.4 Å². The van der Waals surface area contributed by atoms with Gasteiger partial charge in [0, 0.05) is 44.2 Å². The molecule has 2 bridgehead atoms. The van der Waals surface area contributed by atoms with Crippen molar-refractivity contribution in [1.82, 2.24) is 20.3 Å². The summed E-state index contributed by atoms with van der Waals surface area (Å²) < 4.78 is 5.03. The molecule has 1 saturated carbocycles. The lowest BCUT2D eigenvalue weighted by Crippen LogP contribution is -2.67. The topological polar surface area (TPSA) is 78.7 Å². The largest absolute Gasteiger partial charge is 0.361 e. The molecule has 3 saturated heterocycles. The Morgan fingerprint density at radius 3 is 2.76 bits per heavy atom. The van der Waals surface area contributed by atoms with E-state index in [9.17, 15) is 9.59 Å². The van der Waals surface area contributed by atoms with Crippen LogP contribution < -0.4 is 5.32 Å². The lowest BCUT2D eigenvalue weighted by Gasteiger charge is -2.57. The van der Waals surface area contributed by atoms with Crippen LogP contribution >= 0.6 is 0 Å². The number of hydrogen-bond donors (Lipinski definition) is 1. The molecule has 4 fully saturated rings. The molecule has 1 aromatic rings. The molecule has 7 nitrogen and oxygen atoms in total. The highest BCUT2D eigenvalue weighted by Crippen LogP contribution is 2.43. The summed E-state index contributed by atoms with van der Waals surface area (Å²) in [6.07, 6.45) is 9.27. The number of nitrogens with zero attached hydrogens (tertiary/aromatic N) is 3. The van der Waals surface area contributed by atoms with Gasteiger partial charge in [0.1, 0.15) is 5.76 Å². The Morgan fingerprint density at radius 1 is 1.21 bits per heavy atom. The van der Waals surface area contributed by atoms with E-state index in [1.54, 1.807) is 13.0 Å². The lowest BCUT2D eigenvalue weighted by atomic mass is 9.71. The zero-order valence-corrected chi connectivity index (χ0v) is 17.3. The summed E-state index contributed by atoms with van der Waals surface area (Å²) >= 11 is 0. The van der Waals surface area contributed by atoms with Gasteiger partial charge in [0.25, 0.3) is 5.91 Å². The van der Waals surface area contributed by atoms with E-state index in [2.05, 4.69) is 20.3 Å². The predicted octanol–water partition coefficient (Wildman–Crippen LogP) is 2.36. The maximum atomic E-state index is 12.9. The van der Waals surface area contributed by atoms with E-state index in [4.69, 9.17) is 4.52 Å². The summed E-state index contributed by atoms with van der Waals surface area (Å²) in [5.74, 6) is 1.72. The fraction of sp³-hybridized carbons (Fsp3) is 0.773. The average Bonchev–Trinajstić information content (AvgIpc) is 3.40. The zero-order chi connectivity index (χ0) is 20.0. The molecule has 29 heavy (non-hydrogen) atoms. The van der Waals surface area contributed by atoms with Crippen molar-refractivity contribution in [3.63, 3.8) is 0 Å². The fourth-order valence-electron chi connectivity index (χ4n) is 6.40. The van der Waals surface area contributed by atoms with Gasteiger partial charge in [-0.1, -0.05) is 18.0 Å². The van der Waals surface area contributed by atoms with Gasteiger partial charge in [0.15, 0.2) is 5.69 Å². The van der Waals surface area contributed by atoms with Crippen molar-refractivity contribution < 1.29 is 14.1 Å². The van der Waals surface area contributed by atoms with Crippen LogP contribution in [0.25, 0.3) is 0 Å². The second kappa shape index (κ2) is 7.74. The van der Waals surface area contributed by atoms with Gasteiger partial charge in [-0.25, -0.2) is 0 Å². The van der Waals surface area contributed by atoms with Crippen molar-refractivity contribution in [2.75, 3.05) is 19.6 Å². The molecular formula is C22H32N4O3. The maximum absolute atomic E-state index is 12.9. The number of carbonyl (C=O) groups is 2. The van der Waals surface area contributed by atoms with Crippen LogP contribution in [-0.4, -0.2) is 64.5 Å². The van der Waals surface area contributed by atoms with Gasteiger partial charge < -0.3 is 14.7 Å². The number of carbonyl (C=O) groups excluding carboxylic acids is 2. The first-order chi connectivity index (χ1) is 14.1. The van der Waals surface area contributed by atoms with Gasteiger partial charge in [-0.3, -0.25) is 14.5 Å². The van der Waals surface area contributed by atoms with E-state index in [0.717, 1.165) is 32.0 Å². The highest BCUT2D eigenvalue weighted by Gasteiger charge is 2.50. The minimum Gasteiger partial charge on any atom is -0.361 e. The first-order valence-corrected chi connectivity index (χ1v) is 11.4. The Hall–Kier alpha value is -1.89. The smallest absolute Gasteiger partial charge is 0.273 e. The first kappa shape index (κ1) is 19.1. The molecule has 4 atom stereocenters. The molecule has 1 aliphatic carbocycles. The number of fused-ring (bicyclic) bond motifs is 4. The van der Waals surface area contributed by atoms with E-state index in [1.165, 1.54) is 32.1 Å². The number of aromatic nitrogens is 1. The number of hydrogen-bond acceptors (Lipinski definition) is 5. The standard InChI is InChI=1S/C22H32N4O3/c1-14-9-18(24-29-14)22(28)23-11-20-16-10-15(19-7-4-8-21(27)26(19)20)12-25(13-16)17-5-2-3-6-17/h9,15-17,19-20H,2-8,10-13H2,1H3,(H,23,28)/t15-,16+,19+,20+/m1/s1. The Labute approximate surface area is 172 Å². The van der Waals surface area contributed by atoms with Gasteiger partial charge in [0.2, 0.25) is 5.91 Å². The van der Waals surface area contributed by atoms with Gasteiger partial charge in [0.05, 0.1) is 6.04 Å². The molecule has 0 unspecified atom stereocenters. The van der Waals surface area contributed by atoms with Gasteiger partial charge in [-0.05, 0) is 50.9 Å². The normalized spacial score (nSPS) is 33.0. The number of aryl methyl sites for hydroxylation is 1. The highest BCUT2D eigenvalue weighted by atomic mass is 16.5. The second-order valence-corrected chi connectivity index (χ2v) is 9.51. The number of amides is 2. The van der Waals surface area contributed by atoms with Crippen molar-refractivity contribution in [3.8, 4) is 0 Å². The van der Waals surface area contributed by atoms with Crippen LogP contribution in [0.4, 0.5) is 0 Å². The van der Waals surface area contributed by atoms with Crippen LogP contribution in [-0.2, 0) is 4.79 Å². The Kier molecular flexibility index (Phi) is 5.10. The summed E-state index contributed by atoms with van der Waals surface area (Å²) in [4.78, 5) is 30.3. The molecule has 1 N–H and O–H groups in total. The molecule has 1 aromatic heterocycles. The molecule has 3 aliphatic heterocycles. The number of likely N-dealkylation sites (tertiary alicyclic amines) is 1. The number of piperidine rings is 3. The molecule has 0 aromatic carbocycles. The molecular weight excluding hydrogens is 368 g/mol. The third kappa shape index (κ3) is 3.58. The quantitative estimate of drug-likeness (QED) is 0.839. The van der Waals surface area contributed by atoms with Gasteiger partial charge >= 0.3 is 0 Å². The summed E-state index contributed by atoms with van der Waals surface area (Å²) in [5, 5.41) is 6.88. The minimum absolute atomic E-state index is 0.0881. The number of nitrogens with one attached hydrogen (secondary N) is 1. The molecule has 0 radical (unpaired) electrons. The van der Waals surface area contributed by atoms with Gasteiger partial charge in [-0.2, -0.15) is 0 Å².